The fourth-order valence-electron chi connectivity index (χ4n) is 4.38. The molecule has 3 aromatic carbocycles. The van der Waals surface area contributed by atoms with Gasteiger partial charge in [0.2, 0.25) is 11.8 Å². The molecule has 0 spiro atoms. The third-order valence-electron chi connectivity index (χ3n) is 6.46. The van der Waals surface area contributed by atoms with Crippen LogP contribution < -0.4 is 16.0 Å². The largest absolute Gasteiger partial charge is 0.480 e. The van der Waals surface area contributed by atoms with E-state index in [2.05, 4.69) is 48.5 Å². The molecule has 5 N–H and O–H groups in total. The monoisotopic (exact) mass is 679 g/mol. The van der Waals surface area contributed by atoms with Gasteiger partial charge in [-0.15, -0.1) is 0 Å². The molecule has 4 rings (SSSR count). The molecule has 0 aliphatic heterocycles. The number of carbonyl (C=O) groups is 4. The number of hydrogen-bond acceptors (Lipinski definition) is 5. The van der Waals surface area contributed by atoms with Crippen LogP contribution in [-0.4, -0.2) is 57.4 Å². The van der Waals surface area contributed by atoms with Crippen LogP contribution in [0.3, 0.4) is 0 Å². The molecule has 0 radical (unpaired) electrons. The lowest BCUT2D eigenvalue weighted by Gasteiger charge is -2.20. The highest BCUT2D eigenvalue weighted by atomic mass is 127. The van der Waals surface area contributed by atoms with Crippen molar-refractivity contribution < 1.29 is 24.3 Å². The van der Waals surface area contributed by atoms with Gasteiger partial charge in [-0.05, 0) is 52.8 Å². The summed E-state index contributed by atoms with van der Waals surface area (Å²) >= 11 is 2.12. The molecule has 1 aromatic heterocycles. The third kappa shape index (κ3) is 8.49. The zero-order valence-electron chi connectivity index (χ0n) is 22.8. The van der Waals surface area contributed by atoms with Crippen LogP contribution in [0.1, 0.15) is 27.3 Å². The van der Waals surface area contributed by atoms with E-state index in [4.69, 9.17) is 0 Å². The lowest BCUT2D eigenvalue weighted by molar-refractivity contribution is -0.141. The molecule has 0 saturated carbocycles. The maximum Gasteiger partial charge on any atom is 0.326 e. The summed E-state index contributed by atoms with van der Waals surface area (Å²) in [5.74, 6) is -2.20. The minimum absolute atomic E-state index is 0.0939. The third-order valence-corrected chi connectivity index (χ3v) is 7.13. The molecule has 0 bridgehead atoms. The summed E-state index contributed by atoms with van der Waals surface area (Å²) in [6, 6.07) is 21.3. The fraction of sp³-hybridized carbons (Fsp3) is 0.194. The molecule has 42 heavy (non-hydrogen) atoms. The molecule has 0 saturated heterocycles. The second-order valence-corrected chi connectivity index (χ2v) is 10.9. The number of nitrogens with one attached hydrogen (secondary N) is 4. The molecule has 1 heterocycles. The first kappa shape index (κ1) is 30.4. The maximum absolute atomic E-state index is 13.6. The first-order valence-corrected chi connectivity index (χ1v) is 14.3. The Kier molecular flexibility index (Phi) is 10.4. The quantitative estimate of drug-likeness (QED) is 0.145. The van der Waals surface area contributed by atoms with Crippen molar-refractivity contribution in [1.82, 2.24) is 25.9 Å². The SMILES string of the molecule is Cc1ncc(-c2ccc(I)cc2C(=O)N[C@@H](Cc2ccccc2)C(=O)NCC(=O)N[C@@H](Cc2ccccc2)C(=O)O)[nH]1. The number of rotatable bonds is 12. The van der Waals surface area contributed by atoms with Gasteiger partial charge >= 0.3 is 5.97 Å². The number of carboxylic acids is 1. The molecule has 0 aliphatic rings. The number of H-pyrrole nitrogens is 1. The van der Waals surface area contributed by atoms with Gasteiger partial charge in [-0.3, -0.25) is 14.4 Å². The van der Waals surface area contributed by atoms with E-state index in [1.54, 1.807) is 36.5 Å². The number of imidazole rings is 1. The average molecular weight is 680 g/mol. The van der Waals surface area contributed by atoms with Gasteiger partial charge in [-0.2, -0.15) is 0 Å². The van der Waals surface area contributed by atoms with Crippen LogP contribution in [0.15, 0.2) is 85.1 Å². The fourth-order valence-corrected chi connectivity index (χ4v) is 4.87. The van der Waals surface area contributed by atoms with Crippen molar-refractivity contribution in [3.05, 3.63) is 111 Å². The van der Waals surface area contributed by atoms with Crippen molar-refractivity contribution in [3.8, 4) is 11.3 Å². The van der Waals surface area contributed by atoms with Gasteiger partial charge in [-0.25, -0.2) is 9.78 Å². The van der Waals surface area contributed by atoms with Crippen molar-refractivity contribution in [2.24, 2.45) is 0 Å². The molecule has 0 aliphatic carbocycles. The van der Waals surface area contributed by atoms with E-state index in [1.807, 2.05) is 55.5 Å². The Morgan fingerprint density at radius 2 is 1.50 bits per heavy atom. The van der Waals surface area contributed by atoms with Gasteiger partial charge in [0.05, 0.1) is 18.4 Å². The Morgan fingerprint density at radius 1 is 0.881 bits per heavy atom. The molecule has 2 atom stereocenters. The summed E-state index contributed by atoms with van der Waals surface area (Å²) in [6.45, 7) is 1.35. The van der Waals surface area contributed by atoms with E-state index in [9.17, 15) is 24.3 Å². The van der Waals surface area contributed by atoms with Gasteiger partial charge in [0, 0.05) is 27.5 Å². The van der Waals surface area contributed by atoms with E-state index >= 15 is 0 Å². The van der Waals surface area contributed by atoms with Crippen molar-refractivity contribution in [1.29, 1.82) is 0 Å². The number of carboxylic acid groups (broad SMARTS) is 1. The number of aromatic nitrogens is 2. The van der Waals surface area contributed by atoms with Crippen LogP contribution in [0.4, 0.5) is 0 Å². The molecular formula is C31H30IN5O5. The van der Waals surface area contributed by atoms with E-state index in [0.29, 0.717) is 22.6 Å². The predicted molar refractivity (Wildman–Crippen MR) is 166 cm³/mol. The zero-order chi connectivity index (χ0) is 30.1. The van der Waals surface area contributed by atoms with Crippen molar-refractivity contribution in [2.45, 2.75) is 31.8 Å². The second-order valence-electron chi connectivity index (χ2n) is 9.65. The molecule has 3 amide bonds. The van der Waals surface area contributed by atoms with Gasteiger partial charge in [0.1, 0.15) is 17.9 Å². The van der Waals surface area contributed by atoms with Gasteiger partial charge in [0.15, 0.2) is 0 Å². The van der Waals surface area contributed by atoms with E-state index in [1.165, 1.54) is 0 Å². The van der Waals surface area contributed by atoms with Crippen LogP contribution in [0, 0.1) is 10.5 Å². The highest BCUT2D eigenvalue weighted by Gasteiger charge is 2.26. The van der Waals surface area contributed by atoms with Crippen LogP contribution in [0.5, 0.6) is 0 Å². The second kappa shape index (κ2) is 14.4. The van der Waals surface area contributed by atoms with E-state index < -0.39 is 42.3 Å². The first-order chi connectivity index (χ1) is 20.2. The number of nitrogens with zero attached hydrogens (tertiary/aromatic N) is 1. The van der Waals surface area contributed by atoms with Crippen molar-refractivity contribution >= 4 is 46.3 Å². The van der Waals surface area contributed by atoms with Gasteiger partial charge in [0.25, 0.3) is 5.91 Å². The Bertz CT molecular complexity index is 1560. The Balaban J connectivity index is 1.47. The highest BCUT2D eigenvalue weighted by Crippen LogP contribution is 2.24. The molecule has 4 aromatic rings. The van der Waals surface area contributed by atoms with Crippen LogP contribution in [-0.2, 0) is 27.2 Å². The number of benzene rings is 3. The smallest absolute Gasteiger partial charge is 0.326 e. The Labute approximate surface area is 256 Å². The predicted octanol–water partition coefficient (Wildman–Crippen LogP) is 3.26. The zero-order valence-corrected chi connectivity index (χ0v) is 24.9. The summed E-state index contributed by atoms with van der Waals surface area (Å²) in [5, 5.41) is 17.4. The summed E-state index contributed by atoms with van der Waals surface area (Å²) in [7, 11) is 0. The van der Waals surface area contributed by atoms with Gasteiger partial charge < -0.3 is 26.0 Å². The Hall–Kier alpha value is -4.52. The molecule has 10 nitrogen and oxygen atoms in total. The van der Waals surface area contributed by atoms with Crippen molar-refractivity contribution in [3.63, 3.8) is 0 Å². The summed E-state index contributed by atoms with van der Waals surface area (Å²) in [4.78, 5) is 58.6. The van der Waals surface area contributed by atoms with Crippen LogP contribution in [0.2, 0.25) is 0 Å². The van der Waals surface area contributed by atoms with E-state index in [0.717, 1.165) is 14.7 Å². The maximum atomic E-state index is 13.6. The van der Waals surface area contributed by atoms with Crippen LogP contribution in [0.25, 0.3) is 11.3 Å². The topological polar surface area (TPSA) is 153 Å². The number of aliphatic carboxylic acids is 1. The molecule has 216 valence electrons. The molecule has 0 unspecified atom stereocenters. The summed E-state index contributed by atoms with van der Waals surface area (Å²) < 4.78 is 0.835. The number of amides is 3. The first-order valence-electron chi connectivity index (χ1n) is 13.2. The number of aryl methyl sites for hydroxylation is 1. The van der Waals surface area contributed by atoms with E-state index in [-0.39, 0.29) is 12.8 Å². The highest BCUT2D eigenvalue weighted by molar-refractivity contribution is 14.1. The minimum atomic E-state index is -1.19. The summed E-state index contributed by atoms with van der Waals surface area (Å²) in [6.07, 6.45) is 1.91. The van der Waals surface area contributed by atoms with Gasteiger partial charge in [-0.1, -0.05) is 66.7 Å². The lowest BCUT2D eigenvalue weighted by Crippen LogP contribution is -2.51. The number of hydrogen-bond donors (Lipinski definition) is 5. The normalized spacial score (nSPS) is 12.1. The number of halogens is 1. The lowest BCUT2D eigenvalue weighted by atomic mass is 10.0. The van der Waals surface area contributed by atoms with Crippen LogP contribution >= 0.6 is 22.6 Å². The molecular weight excluding hydrogens is 649 g/mol. The Morgan fingerprint density at radius 3 is 2.07 bits per heavy atom. The average Bonchev–Trinajstić information content (AvgIpc) is 3.42. The van der Waals surface area contributed by atoms with Crippen molar-refractivity contribution in [2.75, 3.05) is 6.54 Å². The molecule has 11 heteroatoms. The molecule has 0 fully saturated rings. The minimum Gasteiger partial charge on any atom is -0.480 e. The number of carbonyl (C=O) groups excluding carboxylic acids is 3. The summed E-state index contributed by atoms with van der Waals surface area (Å²) in [5.41, 5.74) is 3.21. The standard InChI is InChI=1S/C31H30IN5O5/c1-19-33-17-27(35-19)23-13-12-22(32)16-24(23)29(39)37-25(14-20-8-4-2-5-9-20)30(40)34-18-28(38)36-26(31(41)42)15-21-10-6-3-7-11-21/h2-13,16-17,25-26H,14-15,18H2,1H3,(H,33,35)(H,34,40)(H,36,38)(H,37,39)(H,41,42)/t25-,26-/m0/s1. The number of aromatic amines is 1.